The van der Waals surface area contributed by atoms with E-state index in [0.29, 0.717) is 11.6 Å². The number of carbonyl (C=O) groups is 1. The molecule has 0 spiro atoms. The molecule has 0 heterocycles. The number of hydrogen-bond acceptors (Lipinski definition) is 2. The lowest BCUT2D eigenvalue weighted by Crippen LogP contribution is -2.35. The van der Waals surface area contributed by atoms with Gasteiger partial charge >= 0.3 is 5.97 Å². The van der Waals surface area contributed by atoms with Crippen LogP contribution in [0.15, 0.2) is 18.2 Å². The van der Waals surface area contributed by atoms with E-state index in [-0.39, 0.29) is 0 Å². The fourth-order valence-corrected chi connectivity index (χ4v) is 2.94. The Morgan fingerprint density at radius 3 is 2.47 bits per heavy atom. The van der Waals surface area contributed by atoms with Crippen molar-refractivity contribution in [2.24, 2.45) is 5.92 Å². The maximum Gasteiger partial charge on any atom is 0.337 e. The number of anilines is 1. The highest BCUT2D eigenvalue weighted by Gasteiger charge is 2.24. The van der Waals surface area contributed by atoms with Gasteiger partial charge in [0.25, 0.3) is 0 Å². The summed E-state index contributed by atoms with van der Waals surface area (Å²) >= 11 is 0. The molecule has 0 radical (unpaired) electrons. The number of aryl methyl sites for hydroxylation is 1. The first-order valence-corrected chi connectivity index (χ1v) is 7.06. The Morgan fingerprint density at radius 1 is 1.26 bits per heavy atom. The fraction of sp³-hybridized carbons (Fsp3) is 0.562. The quantitative estimate of drug-likeness (QED) is 0.901. The molecule has 1 aliphatic carbocycles. The van der Waals surface area contributed by atoms with Gasteiger partial charge in [-0.2, -0.15) is 0 Å². The molecule has 1 N–H and O–H groups in total. The molecule has 0 atom stereocenters. The number of nitrogens with zero attached hydrogens (tertiary/aromatic N) is 1. The lowest BCUT2D eigenvalue weighted by Gasteiger charge is -2.35. The van der Waals surface area contributed by atoms with Crippen LogP contribution in [0.25, 0.3) is 0 Å². The van der Waals surface area contributed by atoms with Crippen LogP contribution in [0.5, 0.6) is 0 Å². The van der Waals surface area contributed by atoms with Gasteiger partial charge in [0, 0.05) is 13.1 Å². The van der Waals surface area contributed by atoms with E-state index in [1.807, 2.05) is 26.1 Å². The SMILES string of the molecule is Cc1ccc(C(=O)O)c(N(C)C2CCC(C)CC2)c1. The Labute approximate surface area is 115 Å². The second-order valence-electron chi connectivity index (χ2n) is 5.85. The minimum absolute atomic E-state index is 0.409. The number of carboxylic acids is 1. The standard InChI is InChI=1S/C16H23NO2/c1-11-4-7-13(8-5-11)17(3)15-10-12(2)6-9-14(15)16(18)19/h6,9-11,13H,4-5,7-8H2,1-3H3,(H,18,19). The maximum absolute atomic E-state index is 11.3. The molecule has 2 rings (SSSR count). The first kappa shape index (κ1) is 13.9. The first-order valence-electron chi connectivity index (χ1n) is 7.06. The molecule has 104 valence electrons. The summed E-state index contributed by atoms with van der Waals surface area (Å²) in [5.74, 6) is -0.0351. The van der Waals surface area contributed by atoms with Gasteiger partial charge in [-0.25, -0.2) is 4.79 Å². The maximum atomic E-state index is 11.3. The molecular weight excluding hydrogens is 238 g/mol. The summed E-state index contributed by atoms with van der Waals surface area (Å²) < 4.78 is 0. The molecular formula is C16H23NO2. The van der Waals surface area contributed by atoms with Crippen molar-refractivity contribution in [1.29, 1.82) is 0 Å². The van der Waals surface area contributed by atoms with Gasteiger partial charge in [-0.3, -0.25) is 0 Å². The minimum Gasteiger partial charge on any atom is -0.478 e. The van der Waals surface area contributed by atoms with Crippen LogP contribution >= 0.6 is 0 Å². The van der Waals surface area contributed by atoms with Gasteiger partial charge in [-0.05, 0) is 56.2 Å². The van der Waals surface area contributed by atoms with Crippen molar-refractivity contribution in [2.75, 3.05) is 11.9 Å². The monoisotopic (exact) mass is 261 g/mol. The van der Waals surface area contributed by atoms with E-state index in [1.54, 1.807) is 6.07 Å². The molecule has 1 saturated carbocycles. The van der Waals surface area contributed by atoms with Crippen LogP contribution in [0.1, 0.15) is 48.5 Å². The molecule has 0 aliphatic heterocycles. The van der Waals surface area contributed by atoms with Crippen molar-refractivity contribution in [3.63, 3.8) is 0 Å². The van der Waals surface area contributed by atoms with Crippen molar-refractivity contribution in [2.45, 2.75) is 45.6 Å². The van der Waals surface area contributed by atoms with E-state index in [0.717, 1.165) is 30.0 Å². The zero-order valence-electron chi connectivity index (χ0n) is 12.0. The van der Waals surface area contributed by atoms with Crippen molar-refractivity contribution in [3.05, 3.63) is 29.3 Å². The normalized spacial score (nSPS) is 23.1. The minimum atomic E-state index is -0.842. The summed E-state index contributed by atoms with van der Waals surface area (Å²) in [6.07, 6.45) is 4.79. The average molecular weight is 261 g/mol. The summed E-state index contributed by atoms with van der Waals surface area (Å²) in [5.41, 5.74) is 2.37. The topological polar surface area (TPSA) is 40.5 Å². The molecule has 3 nitrogen and oxygen atoms in total. The first-order chi connectivity index (χ1) is 8.99. The average Bonchev–Trinajstić information content (AvgIpc) is 2.38. The molecule has 0 saturated heterocycles. The third kappa shape index (κ3) is 3.09. The molecule has 1 aromatic rings. The number of carboxylic acid groups (broad SMARTS) is 1. The Kier molecular flexibility index (Phi) is 4.13. The van der Waals surface area contributed by atoms with E-state index in [2.05, 4.69) is 11.8 Å². The molecule has 19 heavy (non-hydrogen) atoms. The third-order valence-electron chi connectivity index (χ3n) is 4.30. The van der Waals surface area contributed by atoms with Gasteiger partial charge < -0.3 is 10.0 Å². The number of aromatic carboxylic acids is 1. The Morgan fingerprint density at radius 2 is 1.89 bits per heavy atom. The molecule has 0 amide bonds. The van der Waals surface area contributed by atoms with Crippen LogP contribution in [0.2, 0.25) is 0 Å². The lowest BCUT2D eigenvalue weighted by atomic mass is 9.86. The molecule has 0 aromatic heterocycles. The van der Waals surface area contributed by atoms with E-state index in [1.165, 1.54) is 12.8 Å². The lowest BCUT2D eigenvalue weighted by molar-refractivity contribution is 0.0697. The van der Waals surface area contributed by atoms with Gasteiger partial charge in [-0.1, -0.05) is 13.0 Å². The Balaban J connectivity index is 2.25. The van der Waals surface area contributed by atoms with Gasteiger partial charge in [0.1, 0.15) is 0 Å². The van der Waals surface area contributed by atoms with Gasteiger partial charge in [0.2, 0.25) is 0 Å². The Bertz CT molecular complexity index is 462. The van der Waals surface area contributed by atoms with Gasteiger partial charge in [0.05, 0.1) is 11.3 Å². The molecule has 1 aliphatic rings. The highest BCUT2D eigenvalue weighted by molar-refractivity contribution is 5.94. The number of benzene rings is 1. The van der Waals surface area contributed by atoms with Crippen LogP contribution in [0.4, 0.5) is 5.69 Å². The van der Waals surface area contributed by atoms with Crippen molar-refractivity contribution in [3.8, 4) is 0 Å². The highest BCUT2D eigenvalue weighted by Crippen LogP contribution is 2.31. The second-order valence-corrected chi connectivity index (χ2v) is 5.85. The molecule has 0 unspecified atom stereocenters. The largest absolute Gasteiger partial charge is 0.478 e. The van der Waals surface area contributed by atoms with Crippen molar-refractivity contribution >= 4 is 11.7 Å². The molecule has 1 fully saturated rings. The number of hydrogen-bond donors (Lipinski definition) is 1. The summed E-state index contributed by atoms with van der Waals surface area (Å²) in [7, 11) is 2.03. The Hall–Kier alpha value is -1.51. The predicted molar refractivity (Wildman–Crippen MR) is 78.0 cm³/mol. The zero-order chi connectivity index (χ0) is 14.0. The van der Waals surface area contributed by atoms with Crippen LogP contribution in [0, 0.1) is 12.8 Å². The van der Waals surface area contributed by atoms with Gasteiger partial charge in [0.15, 0.2) is 0 Å². The fourth-order valence-electron chi connectivity index (χ4n) is 2.94. The molecule has 3 heteroatoms. The summed E-state index contributed by atoms with van der Waals surface area (Å²) in [5, 5.41) is 9.32. The van der Waals surface area contributed by atoms with E-state index in [4.69, 9.17) is 0 Å². The van der Waals surface area contributed by atoms with E-state index < -0.39 is 5.97 Å². The van der Waals surface area contributed by atoms with Crippen LogP contribution in [0.3, 0.4) is 0 Å². The van der Waals surface area contributed by atoms with Crippen molar-refractivity contribution < 1.29 is 9.90 Å². The third-order valence-corrected chi connectivity index (χ3v) is 4.30. The smallest absolute Gasteiger partial charge is 0.337 e. The second kappa shape index (κ2) is 5.64. The molecule has 0 bridgehead atoms. The summed E-state index contributed by atoms with van der Waals surface area (Å²) in [4.78, 5) is 13.5. The predicted octanol–water partition coefficient (Wildman–Crippen LogP) is 3.71. The van der Waals surface area contributed by atoms with Crippen molar-refractivity contribution in [1.82, 2.24) is 0 Å². The molecule has 1 aromatic carbocycles. The highest BCUT2D eigenvalue weighted by atomic mass is 16.4. The number of rotatable bonds is 3. The zero-order valence-corrected chi connectivity index (χ0v) is 12.0. The van der Waals surface area contributed by atoms with Crippen LogP contribution in [-0.2, 0) is 0 Å². The van der Waals surface area contributed by atoms with Gasteiger partial charge in [-0.15, -0.1) is 0 Å². The van der Waals surface area contributed by atoms with Crippen LogP contribution < -0.4 is 4.90 Å². The van der Waals surface area contributed by atoms with Crippen LogP contribution in [-0.4, -0.2) is 24.2 Å². The van der Waals surface area contributed by atoms with E-state index >= 15 is 0 Å². The summed E-state index contributed by atoms with van der Waals surface area (Å²) in [6.45, 7) is 4.30. The van der Waals surface area contributed by atoms with E-state index in [9.17, 15) is 9.90 Å². The summed E-state index contributed by atoms with van der Waals surface area (Å²) in [6, 6.07) is 6.04.